The van der Waals surface area contributed by atoms with E-state index in [4.69, 9.17) is 0 Å². The monoisotopic (exact) mass is 332 g/mol. The number of hydrogen-bond acceptors (Lipinski definition) is 5. The summed E-state index contributed by atoms with van der Waals surface area (Å²) in [6, 6.07) is 2.44. The van der Waals surface area contributed by atoms with Crippen molar-refractivity contribution in [2.75, 3.05) is 11.4 Å². The molecule has 0 amide bonds. The molecule has 0 aliphatic carbocycles. The molecule has 118 valence electrons. The number of aryl methyl sites for hydroxylation is 1. The predicted molar refractivity (Wildman–Crippen MR) is 85.6 cm³/mol. The Kier molecular flexibility index (Phi) is 3.45. The van der Waals surface area contributed by atoms with Crippen molar-refractivity contribution in [2.24, 2.45) is 0 Å². The first-order valence-corrected chi connectivity index (χ1v) is 8.30. The van der Waals surface area contributed by atoms with Crippen LogP contribution in [0.15, 0.2) is 24.0 Å². The molecule has 1 aromatic carbocycles. The maximum Gasteiger partial charge on any atom is 0.160 e. The van der Waals surface area contributed by atoms with E-state index in [1.807, 2.05) is 4.90 Å². The van der Waals surface area contributed by atoms with Gasteiger partial charge >= 0.3 is 0 Å². The highest BCUT2D eigenvalue weighted by atomic mass is 32.1. The van der Waals surface area contributed by atoms with Gasteiger partial charge in [-0.1, -0.05) is 6.07 Å². The van der Waals surface area contributed by atoms with Gasteiger partial charge in [-0.3, -0.25) is 0 Å². The smallest absolute Gasteiger partial charge is 0.160 e. The molecular weight excluding hydrogens is 318 g/mol. The third-order valence-corrected chi connectivity index (χ3v) is 5.03. The molecule has 1 atom stereocenters. The average molecular weight is 332 g/mol. The Hall–Kier alpha value is -2.15. The zero-order valence-corrected chi connectivity index (χ0v) is 13.3. The molecule has 3 heterocycles. The van der Waals surface area contributed by atoms with Crippen molar-refractivity contribution in [3.63, 3.8) is 0 Å². The second-order valence-corrected chi connectivity index (χ2v) is 6.48. The van der Waals surface area contributed by atoms with Gasteiger partial charge < -0.3 is 4.90 Å². The maximum absolute atomic E-state index is 14.5. The van der Waals surface area contributed by atoms with E-state index < -0.39 is 11.6 Å². The lowest BCUT2D eigenvalue weighted by Crippen LogP contribution is -2.25. The molecular formula is C16H14F2N4S. The van der Waals surface area contributed by atoms with Crippen molar-refractivity contribution < 1.29 is 8.78 Å². The van der Waals surface area contributed by atoms with Crippen LogP contribution in [0.1, 0.15) is 30.0 Å². The van der Waals surface area contributed by atoms with Crippen molar-refractivity contribution in [3.05, 3.63) is 46.7 Å². The molecule has 3 aromatic rings. The molecule has 1 aliphatic rings. The number of anilines is 1. The van der Waals surface area contributed by atoms with Gasteiger partial charge in [0.05, 0.1) is 11.6 Å². The van der Waals surface area contributed by atoms with E-state index in [0.29, 0.717) is 29.9 Å². The van der Waals surface area contributed by atoms with Gasteiger partial charge in [-0.25, -0.2) is 23.7 Å². The van der Waals surface area contributed by atoms with Gasteiger partial charge in [0.15, 0.2) is 5.82 Å². The number of benzene rings is 1. The summed E-state index contributed by atoms with van der Waals surface area (Å²) >= 11 is 1.43. The molecule has 0 radical (unpaired) electrons. The second-order valence-electron chi connectivity index (χ2n) is 5.65. The Morgan fingerprint density at radius 3 is 2.96 bits per heavy atom. The van der Waals surface area contributed by atoms with Crippen molar-refractivity contribution in [1.82, 2.24) is 15.0 Å². The van der Waals surface area contributed by atoms with E-state index in [9.17, 15) is 8.78 Å². The Labute approximate surface area is 135 Å². The van der Waals surface area contributed by atoms with E-state index in [0.717, 1.165) is 11.3 Å². The highest BCUT2D eigenvalue weighted by Gasteiger charge is 2.33. The third kappa shape index (κ3) is 2.26. The number of nitrogens with zero attached hydrogens (tertiary/aromatic N) is 4. The fourth-order valence-electron chi connectivity index (χ4n) is 3.20. The first-order chi connectivity index (χ1) is 11.2. The van der Waals surface area contributed by atoms with Crippen LogP contribution in [0.25, 0.3) is 10.3 Å². The largest absolute Gasteiger partial charge is 0.347 e. The van der Waals surface area contributed by atoms with Crippen LogP contribution in [-0.2, 0) is 0 Å². The summed E-state index contributed by atoms with van der Waals surface area (Å²) in [6.45, 7) is 2.35. The summed E-state index contributed by atoms with van der Waals surface area (Å²) in [5, 5.41) is 0. The Bertz CT molecular complexity index is 880. The first-order valence-electron chi connectivity index (χ1n) is 7.42. The predicted octanol–water partition coefficient (Wildman–Crippen LogP) is 4.01. The molecule has 4 rings (SSSR count). The molecule has 1 unspecified atom stereocenters. The van der Waals surface area contributed by atoms with E-state index in [2.05, 4.69) is 15.0 Å². The maximum atomic E-state index is 14.5. The zero-order chi connectivity index (χ0) is 16.0. The van der Waals surface area contributed by atoms with Crippen LogP contribution in [0.5, 0.6) is 0 Å². The van der Waals surface area contributed by atoms with Gasteiger partial charge in [-0.2, -0.15) is 0 Å². The minimum atomic E-state index is -0.506. The van der Waals surface area contributed by atoms with Crippen molar-refractivity contribution in [3.8, 4) is 0 Å². The molecule has 0 saturated carbocycles. The van der Waals surface area contributed by atoms with Crippen LogP contribution in [0.4, 0.5) is 14.6 Å². The summed E-state index contributed by atoms with van der Waals surface area (Å²) in [4.78, 5) is 15.6. The SMILES string of the molecule is Cc1ccc(F)c(C2CCCN2c2ncnc3scnc23)c1F. The van der Waals surface area contributed by atoms with Gasteiger partial charge in [0.1, 0.15) is 28.3 Å². The molecule has 23 heavy (non-hydrogen) atoms. The number of rotatable bonds is 2. The highest BCUT2D eigenvalue weighted by molar-refractivity contribution is 7.16. The van der Waals surface area contributed by atoms with Crippen LogP contribution in [0.3, 0.4) is 0 Å². The average Bonchev–Trinajstić information content (AvgIpc) is 3.20. The molecule has 0 bridgehead atoms. The molecule has 7 heteroatoms. The quantitative estimate of drug-likeness (QED) is 0.711. The van der Waals surface area contributed by atoms with Crippen LogP contribution < -0.4 is 4.90 Å². The Morgan fingerprint density at radius 1 is 1.22 bits per heavy atom. The molecule has 2 aromatic heterocycles. The van der Waals surface area contributed by atoms with Crippen LogP contribution in [-0.4, -0.2) is 21.5 Å². The minimum Gasteiger partial charge on any atom is -0.347 e. The first kappa shape index (κ1) is 14.4. The van der Waals surface area contributed by atoms with Gasteiger partial charge in [-0.05, 0) is 31.4 Å². The summed E-state index contributed by atoms with van der Waals surface area (Å²) < 4.78 is 28.9. The summed E-state index contributed by atoms with van der Waals surface area (Å²) in [5.74, 6) is -0.321. The lowest BCUT2D eigenvalue weighted by molar-refractivity contribution is 0.519. The van der Waals surface area contributed by atoms with Crippen LogP contribution in [0.2, 0.25) is 0 Å². The number of halogens is 2. The van der Waals surface area contributed by atoms with Gasteiger partial charge in [-0.15, -0.1) is 11.3 Å². The van der Waals surface area contributed by atoms with Gasteiger partial charge in [0.25, 0.3) is 0 Å². The number of thiazole rings is 1. The van der Waals surface area contributed by atoms with E-state index in [-0.39, 0.29) is 11.6 Å². The Morgan fingerprint density at radius 2 is 2.09 bits per heavy atom. The van der Waals surface area contributed by atoms with Crippen molar-refractivity contribution in [1.29, 1.82) is 0 Å². The fraction of sp³-hybridized carbons (Fsp3) is 0.312. The van der Waals surface area contributed by atoms with E-state index in [1.165, 1.54) is 29.8 Å². The number of hydrogen-bond donors (Lipinski definition) is 0. The molecule has 4 nitrogen and oxygen atoms in total. The Balaban J connectivity index is 1.84. The lowest BCUT2D eigenvalue weighted by atomic mass is 10.0. The van der Waals surface area contributed by atoms with Crippen molar-refractivity contribution in [2.45, 2.75) is 25.8 Å². The minimum absolute atomic E-state index is 0.129. The molecule has 1 fully saturated rings. The zero-order valence-electron chi connectivity index (χ0n) is 12.5. The molecule has 0 spiro atoms. The molecule has 1 saturated heterocycles. The summed E-state index contributed by atoms with van der Waals surface area (Å²) in [7, 11) is 0. The molecule has 0 N–H and O–H groups in total. The van der Waals surface area contributed by atoms with Gasteiger partial charge in [0.2, 0.25) is 0 Å². The number of aromatic nitrogens is 3. The van der Waals surface area contributed by atoms with E-state index >= 15 is 0 Å². The fourth-order valence-corrected chi connectivity index (χ4v) is 3.82. The third-order valence-electron chi connectivity index (χ3n) is 4.29. The van der Waals surface area contributed by atoms with Gasteiger partial charge in [0, 0.05) is 12.1 Å². The standard InChI is InChI=1S/C16H14F2N4S/c1-9-4-5-10(17)12(13(9)18)11-3-2-6-22(11)15-14-16(20-7-19-15)23-8-21-14/h4-5,7-8,11H,2-3,6H2,1H3. The van der Waals surface area contributed by atoms with E-state index in [1.54, 1.807) is 12.4 Å². The number of fused-ring (bicyclic) bond motifs is 1. The summed E-state index contributed by atoms with van der Waals surface area (Å²) in [5.41, 5.74) is 2.99. The highest BCUT2D eigenvalue weighted by Crippen LogP contribution is 2.40. The van der Waals surface area contributed by atoms with Crippen molar-refractivity contribution >= 4 is 27.5 Å². The molecule has 1 aliphatic heterocycles. The topological polar surface area (TPSA) is 41.9 Å². The van der Waals surface area contributed by atoms with Crippen LogP contribution >= 0.6 is 11.3 Å². The summed E-state index contributed by atoms with van der Waals surface area (Å²) in [6.07, 6.45) is 3.02. The lowest BCUT2D eigenvalue weighted by Gasteiger charge is -2.27. The van der Waals surface area contributed by atoms with Crippen LogP contribution in [0, 0.1) is 18.6 Å². The normalized spacial score (nSPS) is 18.0. The second kappa shape index (κ2) is 5.49.